The van der Waals surface area contributed by atoms with Crippen molar-refractivity contribution in [2.75, 3.05) is 13.2 Å². The lowest BCUT2D eigenvalue weighted by molar-refractivity contribution is -0.172. The normalized spacial score (nSPS) is 35.8. The van der Waals surface area contributed by atoms with Crippen LogP contribution in [0.1, 0.15) is 26.2 Å². The van der Waals surface area contributed by atoms with Gasteiger partial charge in [-0.15, -0.1) is 0 Å². The molecule has 2 N–H and O–H groups in total. The zero-order valence-corrected chi connectivity index (χ0v) is 8.08. The summed E-state index contributed by atoms with van der Waals surface area (Å²) >= 11 is 0. The van der Waals surface area contributed by atoms with Crippen LogP contribution in [0.15, 0.2) is 11.8 Å². The fourth-order valence-corrected chi connectivity index (χ4v) is 2.38. The molecular weight excluding hydrogens is 166 g/mol. The average molecular weight is 183 g/mol. The maximum absolute atomic E-state index is 5.73. The van der Waals surface area contributed by atoms with Crippen LogP contribution in [-0.2, 0) is 9.47 Å². The largest absolute Gasteiger partial charge is 0.404 e. The van der Waals surface area contributed by atoms with Crippen LogP contribution in [-0.4, -0.2) is 19.0 Å². The van der Waals surface area contributed by atoms with Crippen molar-refractivity contribution in [2.45, 2.75) is 32.0 Å². The van der Waals surface area contributed by atoms with E-state index in [0.717, 1.165) is 18.4 Å². The number of nitrogens with two attached hydrogens (primary N) is 1. The smallest absolute Gasteiger partial charge is 0.195 e. The first-order chi connectivity index (χ1) is 6.29. The molecule has 3 nitrogen and oxygen atoms in total. The zero-order valence-electron chi connectivity index (χ0n) is 8.08. The Morgan fingerprint density at radius 2 is 2.15 bits per heavy atom. The standard InChI is InChI=1S/C10H17NO2/c1-8-3-2-4-9(7-11)10(8)12-5-6-13-10/h7-8H,2-6,11H2,1H3/b9-7+. The van der Waals surface area contributed by atoms with Gasteiger partial charge in [-0.25, -0.2) is 0 Å². The van der Waals surface area contributed by atoms with E-state index < -0.39 is 5.79 Å². The summed E-state index contributed by atoms with van der Waals surface area (Å²) in [6.45, 7) is 3.57. The monoisotopic (exact) mass is 183 g/mol. The van der Waals surface area contributed by atoms with Crippen LogP contribution in [0.4, 0.5) is 0 Å². The maximum atomic E-state index is 5.73. The fraction of sp³-hybridized carbons (Fsp3) is 0.800. The molecule has 0 aromatic carbocycles. The van der Waals surface area contributed by atoms with E-state index in [1.165, 1.54) is 6.42 Å². The van der Waals surface area contributed by atoms with Gasteiger partial charge in [0.2, 0.25) is 0 Å². The third-order valence-electron chi connectivity index (χ3n) is 3.10. The summed E-state index contributed by atoms with van der Waals surface area (Å²) < 4.78 is 11.5. The van der Waals surface area contributed by atoms with Gasteiger partial charge in [-0.3, -0.25) is 0 Å². The van der Waals surface area contributed by atoms with Crippen LogP contribution >= 0.6 is 0 Å². The third kappa shape index (κ3) is 1.27. The predicted molar refractivity (Wildman–Crippen MR) is 49.9 cm³/mol. The lowest BCUT2D eigenvalue weighted by Crippen LogP contribution is -2.42. The van der Waals surface area contributed by atoms with Crippen molar-refractivity contribution in [1.82, 2.24) is 0 Å². The Morgan fingerprint density at radius 3 is 2.77 bits per heavy atom. The van der Waals surface area contributed by atoms with Gasteiger partial charge in [0.25, 0.3) is 0 Å². The highest BCUT2D eigenvalue weighted by molar-refractivity contribution is 5.17. The second-order valence-electron chi connectivity index (χ2n) is 3.85. The Balaban J connectivity index is 2.27. The molecule has 0 amide bonds. The van der Waals surface area contributed by atoms with Gasteiger partial charge < -0.3 is 15.2 Å². The number of ether oxygens (including phenoxy) is 2. The Hall–Kier alpha value is -0.540. The highest BCUT2D eigenvalue weighted by Gasteiger charge is 2.46. The summed E-state index contributed by atoms with van der Waals surface area (Å²) in [4.78, 5) is 0. The summed E-state index contributed by atoms with van der Waals surface area (Å²) in [6.07, 6.45) is 5.04. The Labute approximate surface area is 78.9 Å². The van der Waals surface area contributed by atoms with Gasteiger partial charge in [-0.05, 0) is 25.5 Å². The van der Waals surface area contributed by atoms with Crippen molar-refractivity contribution in [3.05, 3.63) is 11.8 Å². The number of rotatable bonds is 0. The maximum Gasteiger partial charge on any atom is 0.195 e. The second kappa shape index (κ2) is 3.31. The molecule has 0 radical (unpaired) electrons. The summed E-state index contributed by atoms with van der Waals surface area (Å²) in [5, 5.41) is 0. The highest BCUT2D eigenvalue weighted by Crippen LogP contribution is 2.43. The molecule has 1 unspecified atom stereocenters. The molecule has 74 valence electrons. The van der Waals surface area contributed by atoms with Crippen molar-refractivity contribution in [1.29, 1.82) is 0 Å². The molecule has 3 heteroatoms. The van der Waals surface area contributed by atoms with Crippen molar-refractivity contribution in [3.8, 4) is 0 Å². The summed E-state index contributed by atoms with van der Waals surface area (Å²) in [5.41, 5.74) is 6.73. The summed E-state index contributed by atoms with van der Waals surface area (Å²) in [7, 11) is 0. The van der Waals surface area contributed by atoms with Gasteiger partial charge in [0.1, 0.15) is 0 Å². The minimum absolute atomic E-state index is 0.429. The molecule has 1 aliphatic heterocycles. The van der Waals surface area contributed by atoms with E-state index >= 15 is 0 Å². The topological polar surface area (TPSA) is 44.5 Å². The quantitative estimate of drug-likeness (QED) is 0.617. The molecular formula is C10H17NO2. The van der Waals surface area contributed by atoms with E-state index in [1.807, 2.05) is 0 Å². The fourth-order valence-electron chi connectivity index (χ4n) is 2.38. The minimum Gasteiger partial charge on any atom is -0.404 e. The SMILES string of the molecule is CC1CCC/C(=C\N)C12OCCO2. The van der Waals surface area contributed by atoms with Crippen LogP contribution in [0.3, 0.4) is 0 Å². The number of hydrogen-bond donors (Lipinski definition) is 1. The van der Waals surface area contributed by atoms with Crippen molar-refractivity contribution < 1.29 is 9.47 Å². The van der Waals surface area contributed by atoms with Crippen LogP contribution in [0, 0.1) is 5.92 Å². The third-order valence-corrected chi connectivity index (χ3v) is 3.10. The van der Waals surface area contributed by atoms with E-state index in [0.29, 0.717) is 19.1 Å². The van der Waals surface area contributed by atoms with Crippen LogP contribution in [0.25, 0.3) is 0 Å². The summed E-state index contributed by atoms with van der Waals surface area (Å²) in [5.74, 6) is -0.0361. The minimum atomic E-state index is -0.465. The van der Waals surface area contributed by atoms with Gasteiger partial charge in [0.15, 0.2) is 5.79 Å². The molecule has 1 aliphatic carbocycles. The molecule has 1 saturated heterocycles. The Bertz CT molecular complexity index is 219. The van der Waals surface area contributed by atoms with E-state index in [4.69, 9.17) is 15.2 Å². The van der Waals surface area contributed by atoms with Crippen molar-refractivity contribution in [2.24, 2.45) is 11.7 Å². The van der Waals surface area contributed by atoms with Crippen molar-refractivity contribution >= 4 is 0 Å². The van der Waals surface area contributed by atoms with Gasteiger partial charge in [-0.1, -0.05) is 6.92 Å². The molecule has 0 aromatic heterocycles. The zero-order chi connectivity index (χ0) is 9.31. The van der Waals surface area contributed by atoms with E-state index in [-0.39, 0.29) is 0 Å². The molecule has 1 spiro atoms. The van der Waals surface area contributed by atoms with Crippen LogP contribution in [0.2, 0.25) is 0 Å². The van der Waals surface area contributed by atoms with Crippen LogP contribution in [0.5, 0.6) is 0 Å². The van der Waals surface area contributed by atoms with Gasteiger partial charge >= 0.3 is 0 Å². The first-order valence-electron chi connectivity index (χ1n) is 4.99. The molecule has 1 saturated carbocycles. The lowest BCUT2D eigenvalue weighted by Gasteiger charge is -2.39. The average Bonchev–Trinajstić information content (AvgIpc) is 2.60. The van der Waals surface area contributed by atoms with Crippen LogP contribution < -0.4 is 5.73 Å². The van der Waals surface area contributed by atoms with E-state index in [1.54, 1.807) is 6.20 Å². The molecule has 2 aliphatic rings. The van der Waals surface area contributed by atoms with Gasteiger partial charge in [-0.2, -0.15) is 0 Å². The Morgan fingerprint density at radius 1 is 1.46 bits per heavy atom. The molecule has 13 heavy (non-hydrogen) atoms. The predicted octanol–water partition coefficient (Wildman–Crippen LogP) is 1.39. The molecule has 1 atom stereocenters. The van der Waals surface area contributed by atoms with Gasteiger partial charge in [0.05, 0.1) is 13.2 Å². The molecule has 1 heterocycles. The molecule has 0 bridgehead atoms. The van der Waals surface area contributed by atoms with E-state index in [9.17, 15) is 0 Å². The molecule has 2 fully saturated rings. The van der Waals surface area contributed by atoms with E-state index in [2.05, 4.69) is 6.92 Å². The van der Waals surface area contributed by atoms with Gasteiger partial charge in [0, 0.05) is 11.5 Å². The Kier molecular flexibility index (Phi) is 2.30. The highest BCUT2D eigenvalue weighted by atomic mass is 16.7. The lowest BCUT2D eigenvalue weighted by atomic mass is 9.81. The second-order valence-corrected chi connectivity index (χ2v) is 3.85. The first kappa shape index (κ1) is 9.03. The molecule has 0 aromatic rings. The molecule has 2 rings (SSSR count). The first-order valence-corrected chi connectivity index (χ1v) is 4.99. The number of hydrogen-bond acceptors (Lipinski definition) is 3. The van der Waals surface area contributed by atoms with Crippen molar-refractivity contribution in [3.63, 3.8) is 0 Å². The summed E-state index contributed by atoms with van der Waals surface area (Å²) in [6, 6.07) is 0.